The maximum atomic E-state index is 10.0. The molecule has 0 aliphatic heterocycles. The zero-order valence-electron chi connectivity index (χ0n) is 7.32. The van der Waals surface area contributed by atoms with Crippen molar-refractivity contribution in [3.63, 3.8) is 0 Å². The standard InChI is InChI=1S/C8H8BrNO3S/c1-5(10-13-4-8(11)12)6-2-3-7(9)14-6/h2-3H,4H2,1H3,(H,11,12)/p-1. The minimum atomic E-state index is -1.28. The summed E-state index contributed by atoms with van der Waals surface area (Å²) in [6.07, 6.45) is 0. The van der Waals surface area contributed by atoms with Crippen molar-refractivity contribution in [3.8, 4) is 0 Å². The van der Waals surface area contributed by atoms with Crippen LogP contribution in [-0.4, -0.2) is 18.3 Å². The number of carbonyl (C=O) groups is 1. The highest BCUT2D eigenvalue weighted by atomic mass is 79.9. The predicted molar refractivity (Wildman–Crippen MR) is 55.2 cm³/mol. The van der Waals surface area contributed by atoms with E-state index < -0.39 is 12.6 Å². The number of oxime groups is 1. The van der Waals surface area contributed by atoms with E-state index in [1.54, 1.807) is 6.92 Å². The van der Waals surface area contributed by atoms with Gasteiger partial charge in [-0.2, -0.15) is 0 Å². The van der Waals surface area contributed by atoms with Crippen LogP contribution in [0.1, 0.15) is 11.8 Å². The Morgan fingerprint density at radius 2 is 2.43 bits per heavy atom. The van der Waals surface area contributed by atoms with Crippen molar-refractivity contribution < 1.29 is 14.7 Å². The van der Waals surface area contributed by atoms with E-state index in [2.05, 4.69) is 25.9 Å². The lowest BCUT2D eigenvalue weighted by atomic mass is 10.3. The van der Waals surface area contributed by atoms with E-state index in [1.807, 2.05) is 12.1 Å². The fraction of sp³-hybridized carbons (Fsp3) is 0.250. The second kappa shape index (κ2) is 5.11. The van der Waals surface area contributed by atoms with Gasteiger partial charge in [0.05, 0.1) is 20.3 Å². The van der Waals surface area contributed by atoms with Crippen LogP contribution in [0.4, 0.5) is 0 Å². The Bertz CT molecular complexity index is 361. The Morgan fingerprint density at radius 1 is 1.71 bits per heavy atom. The summed E-state index contributed by atoms with van der Waals surface area (Å²) in [7, 11) is 0. The van der Waals surface area contributed by atoms with Crippen molar-refractivity contribution in [2.24, 2.45) is 5.16 Å². The summed E-state index contributed by atoms with van der Waals surface area (Å²) in [5.41, 5.74) is 0.641. The molecule has 6 heteroatoms. The first-order chi connectivity index (χ1) is 6.59. The molecule has 0 radical (unpaired) electrons. The van der Waals surface area contributed by atoms with Gasteiger partial charge < -0.3 is 14.7 Å². The van der Waals surface area contributed by atoms with E-state index >= 15 is 0 Å². The Balaban J connectivity index is 2.56. The number of hydrogen-bond donors (Lipinski definition) is 0. The maximum Gasteiger partial charge on any atom is 0.156 e. The molecular formula is C8H7BrNO3S-. The minimum absolute atomic E-state index is 0.524. The summed E-state index contributed by atoms with van der Waals surface area (Å²) in [5, 5.41) is 13.6. The number of thiophene rings is 1. The first-order valence-corrected chi connectivity index (χ1v) is 5.32. The summed E-state index contributed by atoms with van der Waals surface area (Å²) in [5.74, 6) is -1.28. The number of halogens is 1. The zero-order chi connectivity index (χ0) is 10.6. The summed E-state index contributed by atoms with van der Waals surface area (Å²) in [6, 6.07) is 3.76. The average Bonchev–Trinajstić information content (AvgIpc) is 2.51. The molecule has 0 saturated carbocycles. The van der Waals surface area contributed by atoms with E-state index in [9.17, 15) is 9.90 Å². The number of rotatable bonds is 4. The van der Waals surface area contributed by atoms with Crippen LogP contribution in [0.5, 0.6) is 0 Å². The van der Waals surface area contributed by atoms with E-state index in [1.165, 1.54) is 11.3 Å². The third-order valence-corrected chi connectivity index (χ3v) is 3.05. The largest absolute Gasteiger partial charge is 0.546 e. The fourth-order valence-corrected chi connectivity index (χ4v) is 2.06. The van der Waals surface area contributed by atoms with Crippen LogP contribution in [-0.2, 0) is 9.63 Å². The molecule has 1 aromatic rings. The third-order valence-electron chi connectivity index (χ3n) is 1.31. The fourth-order valence-electron chi connectivity index (χ4n) is 0.736. The SMILES string of the molecule is CC(=NOCC(=O)[O-])c1ccc(Br)s1. The molecule has 0 unspecified atom stereocenters. The number of carbonyl (C=O) groups excluding carboxylic acids is 1. The van der Waals surface area contributed by atoms with Crippen molar-refractivity contribution in [1.82, 2.24) is 0 Å². The monoisotopic (exact) mass is 276 g/mol. The lowest BCUT2D eigenvalue weighted by molar-refractivity contribution is -0.309. The van der Waals surface area contributed by atoms with Gasteiger partial charge in [0.2, 0.25) is 0 Å². The Hall–Kier alpha value is -0.880. The molecule has 1 heterocycles. The molecule has 0 N–H and O–H groups in total. The van der Waals surface area contributed by atoms with Gasteiger partial charge in [-0.05, 0) is 35.0 Å². The first-order valence-electron chi connectivity index (χ1n) is 3.71. The predicted octanol–water partition coefficient (Wildman–Crippen LogP) is 1.00. The first kappa shape index (κ1) is 11.2. The van der Waals surface area contributed by atoms with E-state index in [0.717, 1.165) is 8.66 Å². The van der Waals surface area contributed by atoms with Crippen LogP contribution in [0.15, 0.2) is 21.1 Å². The number of carboxylic acids is 1. The maximum absolute atomic E-state index is 10.0. The summed E-state index contributed by atoms with van der Waals surface area (Å²) in [4.78, 5) is 15.5. The minimum Gasteiger partial charge on any atom is -0.546 e. The molecule has 0 saturated heterocycles. The van der Waals surface area contributed by atoms with Gasteiger partial charge in [-0.25, -0.2) is 0 Å². The molecule has 1 aromatic heterocycles. The van der Waals surface area contributed by atoms with Crippen LogP contribution in [0.25, 0.3) is 0 Å². The highest BCUT2D eigenvalue weighted by Gasteiger charge is 2.01. The van der Waals surface area contributed by atoms with Gasteiger partial charge in [0.15, 0.2) is 6.61 Å². The molecule has 0 aliphatic rings. The number of carboxylic acid groups (broad SMARTS) is 1. The third kappa shape index (κ3) is 3.47. The quantitative estimate of drug-likeness (QED) is 0.609. The van der Waals surface area contributed by atoms with Crippen molar-refractivity contribution in [1.29, 1.82) is 0 Å². The highest BCUT2D eigenvalue weighted by molar-refractivity contribution is 9.11. The van der Waals surface area contributed by atoms with Crippen LogP contribution < -0.4 is 5.11 Å². The molecule has 0 spiro atoms. The Kier molecular flexibility index (Phi) is 4.09. The molecular weight excluding hydrogens is 270 g/mol. The molecule has 0 fully saturated rings. The van der Waals surface area contributed by atoms with Crippen molar-refractivity contribution in [2.75, 3.05) is 6.61 Å². The van der Waals surface area contributed by atoms with Gasteiger partial charge in [0, 0.05) is 0 Å². The smallest absolute Gasteiger partial charge is 0.156 e. The molecule has 1 rings (SSSR count). The van der Waals surface area contributed by atoms with Gasteiger partial charge in [-0.3, -0.25) is 0 Å². The zero-order valence-corrected chi connectivity index (χ0v) is 9.72. The van der Waals surface area contributed by atoms with Crippen molar-refractivity contribution >= 4 is 38.9 Å². The van der Waals surface area contributed by atoms with Crippen LogP contribution in [0.3, 0.4) is 0 Å². The van der Waals surface area contributed by atoms with E-state index in [4.69, 9.17) is 0 Å². The number of hydrogen-bond acceptors (Lipinski definition) is 5. The molecule has 4 nitrogen and oxygen atoms in total. The molecule has 0 aromatic carbocycles. The Labute approximate surface area is 93.3 Å². The molecule has 76 valence electrons. The lowest BCUT2D eigenvalue weighted by Gasteiger charge is -2.00. The molecule has 0 amide bonds. The lowest BCUT2D eigenvalue weighted by Crippen LogP contribution is -2.26. The van der Waals surface area contributed by atoms with Crippen LogP contribution in [0, 0.1) is 0 Å². The second-order valence-corrected chi connectivity index (χ2v) is 4.89. The molecule has 0 bridgehead atoms. The van der Waals surface area contributed by atoms with Gasteiger partial charge in [0.25, 0.3) is 0 Å². The summed E-state index contributed by atoms with van der Waals surface area (Å²) >= 11 is 4.81. The number of nitrogens with zero attached hydrogens (tertiary/aromatic N) is 1. The molecule has 0 aliphatic carbocycles. The van der Waals surface area contributed by atoms with Gasteiger partial charge in [-0.1, -0.05) is 5.16 Å². The average molecular weight is 277 g/mol. The highest BCUT2D eigenvalue weighted by Crippen LogP contribution is 2.22. The normalized spacial score (nSPS) is 11.4. The summed E-state index contributed by atoms with van der Waals surface area (Å²) < 4.78 is 0.988. The van der Waals surface area contributed by atoms with Crippen molar-refractivity contribution in [2.45, 2.75) is 6.92 Å². The van der Waals surface area contributed by atoms with Gasteiger partial charge in [0.1, 0.15) is 0 Å². The van der Waals surface area contributed by atoms with Gasteiger partial charge in [-0.15, -0.1) is 11.3 Å². The topological polar surface area (TPSA) is 61.7 Å². The molecule has 0 atom stereocenters. The Morgan fingerprint density at radius 3 is 2.93 bits per heavy atom. The second-order valence-electron chi connectivity index (χ2n) is 2.43. The number of aliphatic carboxylic acids is 1. The van der Waals surface area contributed by atoms with Gasteiger partial charge >= 0.3 is 0 Å². The van der Waals surface area contributed by atoms with Crippen LogP contribution in [0.2, 0.25) is 0 Å². The van der Waals surface area contributed by atoms with E-state index in [-0.39, 0.29) is 0 Å². The summed E-state index contributed by atoms with van der Waals surface area (Å²) in [6.45, 7) is 1.22. The van der Waals surface area contributed by atoms with Crippen molar-refractivity contribution in [3.05, 3.63) is 20.8 Å². The van der Waals surface area contributed by atoms with E-state index in [0.29, 0.717) is 5.71 Å². The molecule has 14 heavy (non-hydrogen) atoms. The van der Waals surface area contributed by atoms with Crippen LogP contribution >= 0.6 is 27.3 Å².